The number of furan rings is 1. The molecule has 1 amide bonds. The topological polar surface area (TPSA) is 67.5 Å². The lowest BCUT2D eigenvalue weighted by Crippen LogP contribution is -2.17. The standard InChI is InChI=1S/C12H11N3O2/c1-9-4-5-10(7-13-9)12(16)15-14-8-11-3-2-6-17-11/h2-8H,1H3,(H,15,16)/b14-8+. The lowest BCUT2D eigenvalue weighted by Gasteiger charge is -1.98. The number of aromatic nitrogens is 1. The summed E-state index contributed by atoms with van der Waals surface area (Å²) in [6, 6.07) is 6.95. The molecule has 2 aromatic rings. The van der Waals surface area contributed by atoms with Crippen molar-refractivity contribution in [1.29, 1.82) is 0 Å². The maximum Gasteiger partial charge on any atom is 0.272 e. The number of nitrogens with one attached hydrogen (secondary N) is 1. The van der Waals surface area contributed by atoms with Gasteiger partial charge in [0.2, 0.25) is 0 Å². The highest BCUT2D eigenvalue weighted by Gasteiger charge is 2.03. The van der Waals surface area contributed by atoms with Gasteiger partial charge in [-0.2, -0.15) is 5.10 Å². The van der Waals surface area contributed by atoms with Crippen LogP contribution in [-0.2, 0) is 0 Å². The van der Waals surface area contributed by atoms with E-state index in [1.54, 1.807) is 24.3 Å². The first-order valence-corrected chi connectivity index (χ1v) is 5.05. The Labute approximate surface area is 98.2 Å². The first-order valence-electron chi connectivity index (χ1n) is 5.05. The van der Waals surface area contributed by atoms with Crippen molar-refractivity contribution < 1.29 is 9.21 Å². The summed E-state index contributed by atoms with van der Waals surface area (Å²) < 4.78 is 5.02. The average molecular weight is 229 g/mol. The maximum atomic E-state index is 11.6. The minimum atomic E-state index is -0.305. The van der Waals surface area contributed by atoms with Gasteiger partial charge < -0.3 is 4.42 Å². The number of amides is 1. The van der Waals surface area contributed by atoms with Crippen molar-refractivity contribution >= 4 is 12.1 Å². The fraction of sp³-hybridized carbons (Fsp3) is 0.0833. The van der Waals surface area contributed by atoms with Gasteiger partial charge in [0.15, 0.2) is 0 Å². The Kier molecular flexibility index (Phi) is 3.30. The molecule has 0 aliphatic heterocycles. The van der Waals surface area contributed by atoms with Crippen molar-refractivity contribution in [3.63, 3.8) is 0 Å². The zero-order valence-electron chi connectivity index (χ0n) is 9.25. The zero-order valence-corrected chi connectivity index (χ0v) is 9.25. The van der Waals surface area contributed by atoms with Crippen LogP contribution in [-0.4, -0.2) is 17.1 Å². The third-order valence-electron chi connectivity index (χ3n) is 2.07. The summed E-state index contributed by atoms with van der Waals surface area (Å²) in [5.41, 5.74) is 3.71. The van der Waals surface area contributed by atoms with Gasteiger partial charge >= 0.3 is 0 Å². The lowest BCUT2D eigenvalue weighted by molar-refractivity contribution is 0.0955. The van der Waals surface area contributed by atoms with E-state index < -0.39 is 0 Å². The van der Waals surface area contributed by atoms with E-state index in [2.05, 4.69) is 15.5 Å². The molecule has 0 aromatic carbocycles. The highest BCUT2D eigenvalue weighted by Crippen LogP contribution is 1.99. The second-order valence-corrected chi connectivity index (χ2v) is 3.40. The van der Waals surface area contributed by atoms with E-state index in [-0.39, 0.29) is 5.91 Å². The van der Waals surface area contributed by atoms with E-state index >= 15 is 0 Å². The summed E-state index contributed by atoms with van der Waals surface area (Å²) >= 11 is 0. The van der Waals surface area contributed by atoms with Crippen molar-refractivity contribution in [1.82, 2.24) is 10.4 Å². The Bertz CT molecular complexity index is 515. The molecule has 0 atom stereocenters. The molecular formula is C12H11N3O2. The second-order valence-electron chi connectivity index (χ2n) is 3.40. The van der Waals surface area contributed by atoms with Gasteiger partial charge in [0.1, 0.15) is 5.76 Å². The van der Waals surface area contributed by atoms with E-state index in [0.717, 1.165) is 5.69 Å². The Morgan fingerprint density at radius 3 is 3.00 bits per heavy atom. The molecule has 0 saturated heterocycles. The van der Waals surface area contributed by atoms with Gasteiger partial charge in [-0.05, 0) is 31.2 Å². The molecule has 0 unspecified atom stereocenters. The Morgan fingerprint density at radius 1 is 1.47 bits per heavy atom. The van der Waals surface area contributed by atoms with E-state index in [4.69, 9.17) is 4.42 Å². The van der Waals surface area contributed by atoms with Crippen molar-refractivity contribution in [2.45, 2.75) is 6.92 Å². The number of aryl methyl sites for hydroxylation is 1. The van der Waals surface area contributed by atoms with Gasteiger partial charge in [0.05, 0.1) is 18.0 Å². The van der Waals surface area contributed by atoms with Crippen molar-refractivity contribution in [3.8, 4) is 0 Å². The predicted molar refractivity (Wildman–Crippen MR) is 62.7 cm³/mol. The van der Waals surface area contributed by atoms with Crippen LogP contribution in [0.3, 0.4) is 0 Å². The summed E-state index contributed by atoms with van der Waals surface area (Å²) in [4.78, 5) is 15.6. The fourth-order valence-electron chi connectivity index (χ4n) is 1.19. The SMILES string of the molecule is Cc1ccc(C(=O)N/N=C/c2ccco2)cn1. The molecule has 0 spiro atoms. The van der Waals surface area contributed by atoms with Gasteiger partial charge in [-0.25, -0.2) is 5.43 Å². The van der Waals surface area contributed by atoms with Gasteiger partial charge in [0, 0.05) is 11.9 Å². The van der Waals surface area contributed by atoms with E-state index in [0.29, 0.717) is 11.3 Å². The van der Waals surface area contributed by atoms with Crippen LogP contribution in [0.25, 0.3) is 0 Å². The first kappa shape index (κ1) is 11.1. The Hall–Kier alpha value is -2.43. The summed E-state index contributed by atoms with van der Waals surface area (Å²) in [6.45, 7) is 1.86. The highest BCUT2D eigenvalue weighted by molar-refractivity contribution is 5.94. The molecule has 0 fully saturated rings. The molecule has 2 heterocycles. The van der Waals surface area contributed by atoms with Crippen molar-refractivity contribution in [2.75, 3.05) is 0 Å². The number of nitrogens with zero attached hydrogens (tertiary/aromatic N) is 2. The number of rotatable bonds is 3. The number of hydrazone groups is 1. The van der Waals surface area contributed by atoms with Crippen LogP contribution < -0.4 is 5.43 Å². The molecule has 0 radical (unpaired) electrons. The third-order valence-corrected chi connectivity index (χ3v) is 2.07. The highest BCUT2D eigenvalue weighted by atomic mass is 16.3. The lowest BCUT2D eigenvalue weighted by atomic mass is 10.2. The largest absolute Gasteiger partial charge is 0.463 e. The fourth-order valence-corrected chi connectivity index (χ4v) is 1.19. The van der Waals surface area contributed by atoms with Crippen LogP contribution in [0.4, 0.5) is 0 Å². The van der Waals surface area contributed by atoms with Gasteiger partial charge in [-0.15, -0.1) is 0 Å². The summed E-state index contributed by atoms with van der Waals surface area (Å²) in [5.74, 6) is 0.271. The third kappa shape index (κ3) is 3.01. The maximum absolute atomic E-state index is 11.6. The smallest absolute Gasteiger partial charge is 0.272 e. The predicted octanol–water partition coefficient (Wildman–Crippen LogP) is 1.75. The normalized spacial score (nSPS) is 10.6. The van der Waals surface area contributed by atoms with Crippen LogP contribution >= 0.6 is 0 Å². The number of hydrogen-bond donors (Lipinski definition) is 1. The molecule has 17 heavy (non-hydrogen) atoms. The van der Waals surface area contributed by atoms with Crippen LogP contribution in [0.2, 0.25) is 0 Å². The number of carbonyl (C=O) groups excluding carboxylic acids is 1. The van der Waals surface area contributed by atoms with Crippen molar-refractivity contribution in [2.24, 2.45) is 5.10 Å². The molecule has 1 N–H and O–H groups in total. The molecule has 2 rings (SSSR count). The second kappa shape index (κ2) is 5.07. The van der Waals surface area contributed by atoms with Gasteiger partial charge in [0.25, 0.3) is 5.91 Å². The number of hydrogen-bond acceptors (Lipinski definition) is 4. The Morgan fingerprint density at radius 2 is 2.35 bits per heavy atom. The number of pyridine rings is 1. The minimum absolute atomic E-state index is 0.305. The molecule has 5 heteroatoms. The molecule has 0 saturated carbocycles. The first-order chi connectivity index (χ1) is 8.25. The average Bonchev–Trinajstić information content (AvgIpc) is 2.83. The molecular weight excluding hydrogens is 218 g/mol. The van der Waals surface area contributed by atoms with Gasteiger partial charge in [-0.1, -0.05) is 0 Å². The molecule has 0 bridgehead atoms. The molecule has 0 aliphatic rings. The van der Waals surface area contributed by atoms with Crippen LogP contribution in [0, 0.1) is 6.92 Å². The molecule has 5 nitrogen and oxygen atoms in total. The quantitative estimate of drug-likeness (QED) is 0.644. The minimum Gasteiger partial charge on any atom is -0.463 e. The van der Waals surface area contributed by atoms with Crippen LogP contribution in [0.5, 0.6) is 0 Å². The van der Waals surface area contributed by atoms with Crippen LogP contribution in [0.1, 0.15) is 21.8 Å². The van der Waals surface area contributed by atoms with Crippen molar-refractivity contribution in [3.05, 3.63) is 53.7 Å². The summed E-state index contributed by atoms with van der Waals surface area (Å²) in [7, 11) is 0. The van der Waals surface area contributed by atoms with E-state index in [1.165, 1.54) is 18.7 Å². The monoisotopic (exact) mass is 229 g/mol. The molecule has 86 valence electrons. The molecule has 2 aromatic heterocycles. The Balaban J connectivity index is 1.96. The number of carbonyl (C=O) groups is 1. The summed E-state index contributed by atoms with van der Waals surface area (Å²) in [5, 5.41) is 3.77. The van der Waals surface area contributed by atoms with Gasteiger partial charge in [-0.3, -0.25) is 9.78 Å². The van der Waals surface area contributed by atoms with Crippen LogP contribution in [0.15, 0.2) is 46.2 Å². The van der Waals surface area contributed by atoms with E-state index in [1.807, 2.05) is 6.92 Å². The van der Waals surface area contributed by atoms with E-state index in [9.17, 15) is 4.79 Å². The molecule has 0 aliphatic carbocycles. The summed E-state index contributed by atoms with van der Waals surface area (Å²) in [6.07, 6.45) is 4.47. The zero-order chi connectivity index (χ0) is 12.1.